The number of hydrogen-bond donors (Lipinski definition) is 0. The van der Waals surface area contributed by atoms with Gasteiger partial charge in [0.1, 0.15) is 0 Å². The Labute approximate surface area is 102 Å². The minimum absolute atomic E-state index is 0.663. The van der Waals surface area contributed by atoms with Crippen LogP contribution in [0.3, 0.4) is 0 Å². The number of alkyl halides is 1. The highest BCUT2D eigenvalue weighted by Crippen LogP contribution is 2.19. The zero-order valence-electron chi connectivity index (χ0n) is 9.21. The smallest absolute Gasteiger partial charge is 0.0816 e. The molecule has 3 heteroatoms. The molecule has 0 N–H and O–H groups in total. The van der Waals surface area contributed by atoms with Gasteiger partial charge in [0.15, 0.2) is 0 Å². The van der Waals surface area contributed by atoms with Crippen molar-refractivity contribution in [3.63, 3.8) is 0 Å². The molecule has 0 heterocycles. The van der Waals surface area contributed by atoms with E-state index in [1.165, 1.54) is 5.56 Å². The molecule has 0 amide bonds. The van der Waals surface area contributed by atoms with E-state index in [1.807, 2.05) is 45.0 Å². The van der Waals surface area contributed by atoms with Crippen molar-refractivity contribution in [2.45, 2.75) is 25.7 Å². The molecule has 1 aromatic carbocycles. The second-order valence-electron chi connectivity index (χ2n) is 3.64. The summed E-state index contributed by atoms with van der Waals surface area (Å²) < 4.78 is 12.2. The van der Waals surface area contributed by atoms with E-state index < -0.39 is 10.8 Å². The van der Waals surface area contributed by atoms with Crippen molar-refractivity contribution in [3.8, 4) is 0 Å². The third kappa shape index (κ3) is 3.28. The summed E-state index contributed by atoms with van der Waals surface area (Å²) in [5.41, 5.74) is 2.30. The molecule has 1 nitrogen and oxygen atoms in total. The summed E-state index contributed by atoms with van der Waals surface area (Å²) in [5.74, 6) is 0. The minimum Gasteiger partial charge on any atom is -0.249 e. The maximum absolute atomic E-state index is 12.2. The SMILES string of the molecule is CC(C)=C(CBr)S(=O)c1ccc(C)cc1. The first-order valence-corrected chi connectivity index (χ1v) is 7.04. The Morgan fingerprint density at radius 3 is 2.20 bits per heavy atom. The Hall–Kier alpha value is -0.410. The molecule has 1 aromatic rings. The van der Waals surface area contributed by atoms with Crippen molar-refractivity contribution in [2.75, 3.05) is 5.33 Å². The molecule has 0 aliphatic rings. The highest BCUT2D eigenvalue weighted by Gasteiger charge is 2.10. The summed E-state index contributed by atoms with van der Waals surface area (Å²) in [6.45, 7) is 6.00. The minimum atomic E-state index is -1.03. The van der Waals surface area contributed by atoms with Crippen LogP contribution in [-0.2, 0) is 10.8 Å². The summed E-state index contributed by atoms with van der Waals surface area (Å²) >= 11 is 3.38. The first kappa shape index (κ1) is 12.7. The quantitative estimate of drug-likeness (QED) is 0.773. The summed E-state index contributed by atoms with van der Waals surface area (Å²) in [7, 11) is -1.03. The molecular formula is C12H15BrOS. The molecule has 1 rings (SSSR count). The molecule has 82 valence electrons. The fourth-order valence-electron chi connectivity index (χ4n) is 1.17. The Morgan fingerprint density at radius 1 is 1.27 bits per heavy atom. The summed E-state index contributed by atoms with van der Waals surface area (Å²) in [4.78, 5) is 1.83. The molecule has 0 bridgehead atoms. The van der Waals surface area contributed by atoms with Gasteiger partial charge in [-0.3, -0.25) is 0 Å². The van der Waals surface area contributed by atoms with E-state index in [4.69, 9.17) is 0 Å². The Kier molecular flexibility index (Phi) is 4.74. The summed E-state index contributed by atoms with van der Waals surface area (Å²) in [6.07, 6.45) is 0. The van der Waals surface area contributed by atoms with Gasteiger partial charge in [0, 0.05) is 15.1 Å². The lowest BCUT2D eigenvalue weighted by atomic mass is 10.2. The second kappa shape index (κ2) is 5.61. The lowest BCUT2D eigenvalue weighted by Crippen LogP contribution is -1.99. The van der Waals surface area contributed by atoms with Crippen molar-refractivity contribution in [1.82, 2.24) is 0 Å². The van der Waals surface area contributed by atoms with Gasteiger partial charge >= 0.3 is 0 Å². The summed E-state index contributed by atoms with van der Waals surface area (Å²) in [5, 5.41) is 0.663. The number of benzene rings is 1. The molecule has 15 heavy (non-hydrogen) atoms. The predicted octanol–water partition coefficient (Wildman–Crippen LogP) is 3.79. The van der Waals surface area contributed by atoms with Gasteiger partial charge in [0.2, 0.25) is 0 Å². The van der Waals surface area contributed by atoms with Gasteiger partial charge in [0.25, 0.3) is 0 Å². The molecule has 0 saturated heterocycles. The standard InChI is InChI=1S/C12H15BrOS/c1-9(2)12(8-13)15(14)11-6-4-10(3)5-7-11/h4-7H,8H2,1-3H3. The fourth-order valence-corrected chi connectivity index (χ4v) is 3.49. The van der Waals surface area contributed by atoms with Crippen LogP contribution in [0, 0.1) is 6.92 Å². The number of halogens is 1. The van der Waals surface area contributed by atoms with E-state index in [0.29, 0.717) is 5.33 Å². The van der Waals surface area contributed by atoms with Crippen LogP contribution in [0.25, 0.3) is 0 Å². The predicted molar refractivity (Wildman–Crippen MR) is 69.8 cm³/mol. The Morgan fingerprint density at radius 2 is 1.80 bits per heavy atom. The molecular weight excluding hydrogens is 272 g/mol. The van der Waals surface area contributed by atoms with Crippen molar-refractivity contribution < 1.29 is 4.21 Å². The van der Waals surface area contributed by atoms with Crippen LogP contribution < -0.4 is 0 Å². The summed E-state index contributed by atoms with van der Waals surface area (Å²) in [6, 6.07) is 7.84. The molecule has 0 spiro atoms. The van der Waals surface area contributed by atoms with Gasteiger partial charge in [-0.05, 0) is 32.9 Å². The van der Waals surface area contributed by atoms with Gasteiger partial charge in [-0.2, -0.15) is 0 Å². The average Bonchev–Trinajstić information content (AvgIpc) is 2.19. The third-order valence-corrected chi connectivity index (χ3v) is 4.77. The monoisotopic (exact) mass is 286 g/mol. The molecule has 0 fully saturated rings. The van der Waals surface area contributed by atoms with E-state index >= 15 is 0 Å². The number of aryl methyl sites for hydroxylation is 1. The lowest BCUT2D eigenvalue weighted by Gasteiger charge is -2.06. The zero-order valence-corrected chi connectivity index (χ0v) is 11.6. The van der Waals surface area contributed by atoms with Crippen LogP contribution in [-0.4, -0.2) is 9.54 Å². The van der Waals surface area contributed by atoms with E-state index in [9.17, 15) is 4.21 Å². The topological polar surface area (TPSA) is 17.1 Å². The Balaban J connectivity index is 3.04. The lowest BCUT2D eigenvalue weighted by molar-refractivity contribution is 0.686. The van der Waals surface area contributed by atoms with Crippen LogP contribution in [0.5, 0.6) is 0 Å². The normalized spacial score (nSPS) is 12.3. The molecule has 0 aromatic heterocycles. The van der Waals surface area contributed by atoms with E-state index in [-0.39, 0.29) is 0 Å². The maximum atomic E-state index is 12.2. The number of rotatable bonds is 3. The van der Waals surface area contributed by atoms with Crippen molar-refractivity contribution in [2.24, 2.45) is 0 Å². The highest BCUT2D eigenvalue weighted by molar-refractivity contribution is 9.09. The van der Waals surface area contributed by atoms with Gasteiger partial charge in [-0.1, -0.05) is 39.2 Å². The highest BCUT2D eigenvalue weighted by atomic mass is 79.9. The number of hydrogen-bond acceptors (Lipinski definition) is 1. The van der Waals surface area contributed by atoms with E-state index in [2.05, 4.69) is 15.9 Å². The second-order valence-corrected chi connectivity index (χ2v) is 5.70. The first-order chi connectivity index (χ1) is 7.06. The van der Waals surface area contributed by atoms with Gasteiger partial charge < -0.3 is 0 Å². The molecule has 0 aliphatic heterocycles. The van der Waals surface area contributed by atoms with Gasteiger partial charge in [0.05, 0.1) is 10.8 Å². The van der Waals surface area contributed by atoms with Gasteiger partial charge in [-0.25, -0.2) is 4.21 Å². The first-order valence-electron chi connectivity index (χ1n) is 4.77. The van der Waals surface area contributed by atoms with Gasteiger partial charge in [-0.15, -0.1) is 0 Å². The molecule has 0 aliphatic carbocycles. The van der Waals surface area contributed by atoms with E-state index in [0.717, 1.165) is 15.4 Å². The van der Waals surface area contributed by atoms with Crippen molar-refractivity contribution in [1.29, 1.82) is 0 Å². The van der Waals surface area contributed by atoms with Crippen LogP contribution in [0.15, 0.2) is 39.6 Å². The van der Waals surface area contributed by atoms with Crippen LogP contribution >= 0.6 is 15.9 Å². The third-order valence-electron chi connectivity index (χ3n) is 2.14. The molecule has 0 radical (unpaired) electrons. The Bertz CT molecular complexity index is 389. The van der Waals surface area contributed by atoms with Crippen LogP contribution in [0.4, 0.5) is 0 Å². The van der Waals surface area contributed by atoms with Crippen molar-refractivity contribution in [3.05, 3.63) is 40.3 Å². The molecule has 1 unspecified atom stereocenters. The average molecular weight is 287 g/mol. The molecule has 1 atom stereocenters. The number of allylic oxidation sites excluding steroid dienone is 2. The van der Waals surface area contributed by atoms with Crippen molar-refractivity contribution >= 4 is 26.7 Å². The van der Waals surface area contributed by atoms with Crippen LogP contribution in [0.1, 0.15) is 19.4 Å². The molecule has 0 saturated carbocycles. The zero-order chi connectivity index (χ0) is 11.4. The maximum Gasteiger partial charge on any atom is 0.0816 e. The largest absolute Gasteiger partial charge is 0.249 e. The van der Waals surface area contributed by atoms with Crippen LogP contribution in [0.2, 0.25) is 0 Å². The fraction of sp³-hybridized carbons (Fsp3) is 0.333. The van der Waals surface area contributed by atoms with E-state index in [1.54, 1.807) is 0 Å².